The predicted octanol–water partition coefficient (Wildman–Crippen LogP) is 4.19. The van der Waals surface area contributed by atoms with E-state index in [0.29, 0.717) is 6.10 Å². The van der Waals surface area contributed by atoms with Gasteiger partial charge in [0.05, 0.1) is 6.10 Å². The Kier molecular flexibility index (Phi) is 4.87. The van der Waals surface area contributed by atoms with Crippen LogP contribution in [-0.4, -0.2) is 12.7 Å². The molecule has 2 N–H and O–H groups in total. The quantitative estimate of drug-likeness (QED) is 0.894. The number of nitrogens with two attached hydrogens (primary N) is 1. The van der Waals surface area contributed by atoms with Crippen molar-refractivity contribution in [1.29, 1.82) is 0 Å². The second-order valence-electron chi connectivity index (χ2n) is 6.36. The fraction of sp³-hybridized carbons (Fsp3) is 0.667. The van der Waals surface area contributed by atoms with Crippen LogP contribution in [0.2, 0.25) is 0 Å². The fourth-order valence-electron chi connectivity index (χ4n) is 3.47. The first-order chi connectivity index (χ1) is 9.43. The molecule has 1 aliphatic rings. The largest absolute Gasteiger partial charge is 0.378 e. The lowest BCUT2D eigenvalue weighted by Gasteiger charge is -2.24. The molecule has 0 aliphatic carbocycles. The molecule has 0 radical (unpaired) electrons. The van der Waals surface area contributed by atoms with Crippen LogP contribution < -0.4 is 5.73 Å². The normalized spacial score (nSPS) is 20.4. The molecule has 2 unspecified atom stereocenters. The molecule has 1 heterocycles. The van der Waals surface area contributed by atoms with Crippen LogP contribution in [0.3, 0.4) is 0 Å². The number of benzene rings is 1. The van der Waals surface area contributed by atoms with Gasteiger partial charge in [0.1, 0.15) is 0 Å². The predicted molar refractivity (Wildman–Crippen MR) is 85.3 cm³/mol. The highest BCUT2D eigenvalue weighted by Crippen LogP contribution is 2.32. The standard InChI is InChI=1S/C18H29NO/c1-11-12(2)14(4)18(15(5)13(11)3)17(19)9-8-16-7-6-10-20-16/h16-17H,6-10,19H2,1-5H3. The summed E-state index contributed by atoms with van der Waals surface area (Å²) in [5.41, 5.74) is 14.8. The molecule has 2 heteroatoms. The number of ether oxygens (including phenoxy) is 1. The molecule has 1 aromatic rings. The summed E-state index contributed by atoms with van der Waals surface area (Å²) in [4.78, 5) is 0. The van der Waals surface area contributed by atoms with Crippen LogP contribution in [0.25, 0.3) is 0 Å². The van der Waals surface area contributed by atoms with E-state index in [2.05, 4.69) is 34.6 Å². The highest BCUT2D eigenvalue weighted by Gasteiger charge is 2.20. The molecule has 0 amide bonds. The summed E-state index contributed by atoms with van der Waals surface area (Å²) in [7, 11) is 0. The molecule has 1 fully saturated rings. The molecule has 1 saturated heterocycles. The van der Waals surface area contributed by atoms with Gasteiger partial charge >= 0.3 is 0 Å². The second-order valence-corrected chi connectivity index (χ2v) is 6.36. The van der Waals surface area contributed by atoms with Gasteiger partial charge in [-0.1, -0.05) is 0 Å². The maximum Gasteiger partial charge on any atom is 0.0576 e. The first-order valence-electron chi connectivity index (χ1n) is 7.87. The SMILES string of the molecule is Cc1c(C)c(C)c(C(N)CCC2CCCO2)c(C)c1C. The van der Waals surface area contributed by atoms with E-state index in [9.17, 15) is 0 Å². The molecule has 2 nitrogen and oxygen atoms in total. The van der Waals surface area contributed by atoms with Gasteiger partial charge in [-0.3, -0.25) is 0 Å². The lowest BCUT2D eigenvalue weighted by molar-refractivity contribution is 0.101. The van der Waals surface area contributed by atoms with E-state index in [0.717, 1.165) is 19.4 Å². The molecule has 2 atom stereocenters. The maximum absolute atomic E-state index is 6.51. The van der Waals surface area contributed by atoms with Crippen molar-refractivity contribution in [2.24, 2.45) is 5.73 Å². The Morgan fingerprint density at radius 3 is 2.05 bits per heavy atom. The smallest absolute Gasteiger partial charge is 0.0576 e. The lowest BCUT2D eigenvalue weighted by Crippen LogP contribution is -2.18. The van der Waals surface area contributed by atoms with E-state index in [-0.39, 0.29) is 6.04 Å². The highest BCUT2D eigenvalue weighted by molar-refractivity contribution is 5.50. The van der Waals surface area contributed by atoms with Gasteiger partial charge in [-0.05, 0) is 93.7 Å². The van der Waals surface area contributed by atoms with Crippen molar-refractivity contribution in [2.45, 2.75) is 72.4 Å². The summed E-state index contributed by atoms with van der Waals surface area (Å²) in [6, 6.07) is 0.136. The van der Waals surface area contributed by atoms with Gasteiger partial charge in [-0.2, -0.15) is 0 Å². The van der Waals surface area contributed by atoms with Crippen molar-refractivity contribution < 1.29 is 4.74 Å². The summed E-state index contributed by atoms with van der Waals surface area (Å²) in [6.45, 7) is 12.0. The Morgan fingerprint density at radius 1 is 1.00 bits per heavy atom. The first kappa shape index (κ1) is 15.5. The van der Waals surface area contributed by atoms with Crippen LogP contribution in [0.5, 0.6) is 0 Å². The second kappa shape index (κ2) is 6.28. The topological polar surface area (TPSA) is 35.2 Å². The van der Waals surface area contributed by atoms with E-state index < -0.39 is 0 Å². The van der Waals surface area contributed by atoms with Crippen LogP contribution in [0.4, 0.5) is 0 Å². The van der Waals surface area contributed by atoms with Gasteiger partial charge in [0.25, 0.3) is 0 Å². The Bertz CT molecular complexity index is 458. The van der Waals surface area contributed by atoms with Crippen molar-refractivity contribution in [1.82, 2.24) is 0 Å². The molecular formula is C18H29NO. The Labute approximate surface area is 123 Å². The molecule has 0 aromatic heterocycles. The number of rotatable bonds is 4. The molecule has 0 saturated carbocycles. The van der Waals surface area contributed by atoms with E-state index in [1.54, 1.807) is 0 Å². The first-order valence-corrected chi connectivity index (χ1v) is 7.87. The number of hydrogen-bond donors (Lipinski definition) is 1. The Balaban J connectivity index is 2.18. The maximum atomic E-state index is 6.51. The zero-order chi connectivity index (χ0) is 14.9. The molecule has 0 bridgehead atoms. The van der Waals surface area contributed by atoms with Crippen LogP contribution in [0.15, 0.2) is 0 Å². The van der Waals surface area contributed by atoms with E-state index in [1.165, 1.54) is 46.2 Å². The Hall–Kier alpha value is -0.860. The molecule has 1 aliphatic heterocycles. The minimum absolute atomic E-state index is 0.136. The summed E-state index contributed by atoms with van der Waals surface area (Å²) < 4.78 is 5.71. The van der Waals surface area contributed by atoms with E-state index >= 15 is 0 Å². The fourth-order valence-corrected chi connectivity index (χ4v) is 3.47. The summed E-state index contributed by atoms with van der Waals surface area (Å²) in [5.74, 6) is 0. The van der Waals surface area contributed by atoms with Gasteiger partial charge in [-0.15, -0.1) is 0 Å². The average molecular weight is 275 g/mol. The van der Waals surface area contributed by atoms with Gasteiger partial charge < -0.3 is 10.5 Å². The lowest BCUT2D eigenvalue weighted by atomic mass is 9.85. The monoisotopic (exact) mass is 275 g/mol. The highest BCUT2D eigenvalue weighted by atomic mass is 16.5. The minimum atomic E-state index is 0.136. The third-order valence-corrected chi connectivity index (χ3v) is 5.25. The van der Waals surface area contributed by atoms with Gasteiger partial charge in [0.15, 0.2) is 0 Å². The third kappa shape index (κ3) is 2.91. The van der Waals surface area contributed by atoms with Crippen LogP contribution in [0, 0.1) is 34.6 Å². The zero-order valence-electron chi connectivity index (χ0n) is 13.7. The van der Waals surface area contributed by atoms with Crippen molar-refractivity contribution in [3.63, 3.8) is 0 Å². The van der Waals surface area contributed by atoms with E-state index in [1.807, 2.05) is 0 Å². The Morgan fingerprint density at radius 2 is 1.55 bits per heavy atom. The zero-order valence-corrected chi connectivity index (χ0v) is 13.7. The van der Waals surface area contributed by atoms with Crippen molar-refractivity contribution in [3.05, 3.63) is 33.4 Å². The van der Waals surface area contributed by atoms with E-state index in [4.69, 9.17) is 10.5 Å². The summed E-state index contributed by atoms with van der Waals surface area (Å²) >= 11 is 0. The molecule has 2 rings (SSSR count). The van der Waals surface area contributed by atoms with Crippen LogP contribution >= 0.6 is 0 Å². The minimum Gasteiger partial charge on any atom is -0.378 e. The van der Waals surface area contributed by atoms with Crippen molar-refractivity contribution in [2.75, 3.05) is 6.61 Å². The molecule has 0 spiro atoms. The van der Waals surface area contributed by atoms with Gasteiger partial charge in [0.2, 0.25) is 0 Å². The van der Waals surface area contributed by atoms with Crippen LogP contribution in [-0.2, 0) is 4.74 Å². The number of hydrogen-bond acceptors (Lipinski definition) is 2. The average Bonchev–Trinajstić information content (AvgIpc) is 2.94. The van der Waals surface area contributed by atoms with Gasteiger partial charge in [0, 0.05) is 12.6 Å². The molecule has 112 valence electrons. The van der Waals surface area contributed by atoms with Crippen LogP contribution in [0.1, 0.15) is 65.1 Å². The van der Waals surface area contributed by atoms with Crippen molar-refractivity contribution >= 4 is 0 Å². The molecule has 20 heavy (non-hydrogen) atoms. The van der Waals surface area contributed by atoms with Crippen molar-refractivity contribution in [3.8, 4) is 0 Å². The summed E-state index contributed by atoms with van der Waals surface area (Å²) in [5, 5.41) is 0. The van der Waals surface area contributed by atoms with Gasteiger partial charge in [-0.25, -0.2) is 0 Å². The molecule has 1 aromatic carbocycles. The molecular weight excluding hydrogens is 246 g/mol. The summed E-state index contributed by atoms with van der Waals surface area (Å²) in [6.07, 6.45) is 4.96. The third-order valence-electron chi connectivity index (χ3n) is 5.25.